The molecule has 5 heterocycles. The van der Waals surface area contributed by atoms with Gasteiger partial charge in [0, 0.05) is 27.6 Å². The Morgan fingerprint density at radius 3 is 2.19 bits per heavy atom. The molecule has 0 aliphatic carbocycles. The van der Waals surface area contributed by atoms with Crippen molar-refractivity contribution in [3.8, 4) is 0 Å². The van der Waals surface area contributed by atoms with Crippen molar-refractivity contribution >= 4 is 46.4 Å². The Hall–Kier alpha value is -3.40. The number of aryl methyl sites for hydroxylation is 1. The van der Waals surface area contributed by atoms with Crippen LogP contribution in [0.4, 0.5) is 0 Å². The fraction of sp³-hybridized carbons (Fsp3) is 0.0909. The van der Waals surface area contributed by atoms with Crippen LogP contribution in [-0.2, 0) is 6.42 Å². The van der Waals surface area contributed by atoms with Crippen molar-refractivity contribution in [2.24, 2.45) is 0 Å². The molecule has 2 aliphatic heterocycles. The van der Waals surface area contributed by atoms with Crippen LogP contribution in [0.1, 0.15) is 35.3 Å². The van der Waals surface area contributed by atoms with Crippen LogP contribution in [0.3, 0.4) is 0 Å². The fourth-order valence-corrected chi connectivity index (χ4v) is 3.44. The standard InChI is InChI=1S/C22H18N4/c1-2-20-21-9-7-18(25-21)12-16-5-3-14(23-16)11-15-4-6-17(24-15)13-19-8-10-22(20)26-19/h3-13,23,25H,2H2,1H3. The molecule has 26 heavy (non-hydrogen) atoms. The van der Waals surface area contributed by atoms with E-state index in [1.807, 2.05) is 30.4 Å². The van der Waals surface area contributed by atoms with E-state index in [0.29, 0.717) is 0 Å². The molecular formula is C22H18N4. The Morgan fingerprint density at radius 2 is 1.35 bits per heavy atom. The van der Waals surface area contributed by atoms with Gasteiger partial charge in [-0.25, -0.2) is 9.97 Å². The summed E-state index contributed by atoms with van der Waals surface area (Å²) in [4.78, 5) is 16.4. The fourth-order valence-electron chi connectivity index (χ4n) is 3.44. The number of fused-ring (bicyclic) bond motifs is 8. The van der Waals surface area contributed by atoms with E-state index in [0.717, 1.165) is 51.3 Å². The number of nitrogens with one attached hydrogen (secondary N) is 2. The summed E-state index contributed by atoms with van der Waals surface area (Å²) in [5.41, 5.74) is 9.30. The molecule has 8 bridgehead atoms. The third kappa shape index (κ3) is 2.65. The van der Waals surface area contributed by atoms with E-state index < -0.39 is 0 Å². The molecule has 0 saturated heterocycles. The van der Waals surface area contributed by atoms with Gasteiger partial charge < -0.3 is 9.97 Å². The number of rotatable bonds is 1. The van der Waals surface area contributed by atoms with Crippen LogP contribution in [0.2, 0.25) is 0 Å². The van der Waals surface area contributed by atoms with Crippen LogP contribution in [0.25, 0.3) is 46.4 Å². The maximum absolute atomic E-state index is 4.79. The first-order chi connectivity index (χ1) is 12.8. The zero-order chi connectivity index (χ0) is 17.5. The van der Waals surface area contributed by atoms with E-state index in [1.54, 1.807) is 0 Å². The molecule has 0 fully saturated rings. The SMILES string of the molecule is CCc1c2nc(cc3nc(cc4ccc(cc5ccc1[nH]5)[nH]4)C=C3)C=C2. The molecule has 0 atom stereocenters. The molecule has 3 aromatic heterocycles. The molecule has 0 unspecified atom stereocenters. The van der Waals surface area contributed by atoms with Gasteiger partial charge in [-0.15, -0.1) is 0 Å². The minimum atomic E-state index is 0.913. The maximum atomic E-state index is 4.79. The van der Waals surface area contributed by atoms with Crippen molar-refractivity contribution in [2.45, 2.75) is 13.3 Å². The zero-order valence-corrected chi connectivity index (χ0v) is 14.5. The number of hydrogen-bond donors (Lipinski definition) is 2. The summed E-state index contributed by atoms with van der Waals surface area (Å²) in [7, 11) is 0. The van der Waals surface area contributed by atoms with Gasteiger partial charge in [0.1, 0.15) is 0 Å². The summed E-state index contributed by atoms with van der Waals surface area (Å²) >= 11 is 0. The number of nitrogens with zero attached hydrogens (tertiary/aromatic N) is 2. The van der Waals surface area contributed by atoms with Crippen LogP contribution in [0, 0.1) is 0 Å². The summed E-state index contributed by atoms with van der Waals surface area (Å²) in [6, 6.07) is 14.6. The van der Waals surface area contributed by atoms with E-state index in [-0.39, 0.29) is 0 Å². The highest BCUT2D eigenvalue weighted by molar-refractivity contribution is 5.79. The first-order valence-corrected chi connectivity index (χ1v) is 8.83. The Balaban J connectivity index is 1.88. The van der Waals surface area contributed by atoms with E-state index in [2.05, 4.69) is 58.3 Å². The molecule has 4 nitrogen and oxygen atoms in total. The van der Waals surface area contributed by atoms with Crippen molar-refractivity contribution in [1.29, 1.82) is 0 Å². The second-order valence-electron chi connectivity index (χ2n) is 6.51. The van der Waals surface area contributed by atoms with Gasteiger partial charge in [0.05, 0.1) is 22.8 Å². The van der Waals surface area contributed by atoms with Crippen molar-refractivity contribution in [1.82, 2.24) is 19.9 Å². The molecule has 126 valence electrons. The summed E-state index contributed by atoms with van der Waals surface area (Å²) in [5, 5.41) is 0. The Labute approximate surface area is 151 Å². The van der Waals surface area contributed by atoms with Gasteiger partial charge in [0.2, 0.25) is 0 Å². The monoisotopic (exact) mass is 338 g/mol. The molecule has 0 saturated carbocycles. The van der Waals surface area contributed by atoms with Crippen LogP contribution in [-0.4, -0.2) is 19.9 Å². The van der Waals surface area contributed by atoms with Gasteiger partial charge in [0.15, 0.2) is 0 Å². The highest BCUT2D eigenvalue weighted by atomic mass is 14.8. The summed E-state index contributed by atoms with van der Waals surface area (Å²) in [5.74, 6) is 0. The maximum Gasteiger partial charge on any atom is 0.0690 e. The minimum Gasteiger partial charge on any atom is -0.355 e. The Morgan fingerprint density at radius 1 is 0.692 bits per heavy atom. The predicted octanol–water partition coefficient (Wildman–Crippen LogP) is 5.22. The van der Waals surface area contributed by atoms with Crippen LogP contribution < -0.4 is 0 Å². The molecular weight excluding hydrogens is 320 g/mol. The van der Waals surface area contributed by atoms with E-state index in [4.69, 9.17) is 4.98 Å². The van der Waals surface area contributed by atoms with E-state index >= 15 is 0 Å². The lowest BCUT2D eigenvalue weighted by molar-refractivity contribution is 1.11. The summed E-state index contributed by atoms with van der Waals surface area (Å²) in [6.45, 7) is 2.16. The second-order valence-corrected chi connectivity index (χ2v) is 6.51. The number of aromatic nitrogens is 4. The predicted molar refractivity (Wildman–Crippen MR) is 108 cm³/mol. The molecule has 2 aliphatic rings. The molecule has 0 amide bonds. The number of hydrogen-bond acceptors (Lipinski definition) is 2. The zero-order valence-electron chi connectivity index (χ0n) is 14.5. The van der Waals surface area contributed by atoms with E-state index in [9.17, 15) is 0 Å². The average molecular weight is 338 g/mol. The van der Waals surface area contributed by atoms with Gasteiger partial charge in [0.25, 0.3) is 0 Å². The molecule has 5 rings (SSSR count). The van der Waals surface area contributed by atoms with Crippen molar-refractivity contribution in [3.63, 3.8) is 0 Å². The third-order valence-electron chi connectivity index (χ3n) is 4.68. The molecule has 0 aromatic carbocycles. The van der Waals surface area contributed by atoms with Gasteiger partial charge in [-0.1, -0.05) is 6.92 Å². The van der Waals surface area contributed by atoms with Crippen molar-refractivity contribution in [3.05, 3.63) is 70.8 Å². The van der Waals surface area contributed by atoms with Crippen molar-refractivity contribution in [2.75, 3.05) is 0 Å². The average Bonchev–Trinajstić information content (AvgIpc) is 3.39. The van der Waals surface area contributed by atoms with Crippen LogP contribution in [0.5, 0.6) is 0 Å². The summed E-state index contributed by atoms with van der Waals surface area (Å²) in [6.07, 6.45) is 9.10. The lowest BCUT2D eigenvalue weighted by Crippen LogP contribution is -1.87. The highest BCUT2D eigenvalue weighted by Crippen LogP contribution is 2.21. The second kappa shape index (κ2) is 5.85. The van der Waals surface area contributed by atoms with Gasteiger partial charge in [-0.2, -0.15) is 0 Å². The minimum absolute atomic E-state index is 0.913. The first kappa shape index (κ1) is 14.9. The normalized spacial score (nSPS) is 12.7. The molecule has 2 N–H and O–H groups in total. The molecule has 4 heteroatoms. The smallest absolute Gasteiger partial charge is 0.0690 e. The number of aromatic amines is 2. The molecule has 3 aromatic rings. The van der Waals surface area contributed by atoms with E-state index in [1.165, 1.54) is 5.56 Å². The van der Waals surface area contributed by atoms with Gasteiger partial charge in [-0.3, -0.25) is 0 Å². The van der Waals surface area contributed by atoms with Crippen molar-refractivity contribution < 1.29 is 0 Å². The lowest BCUT2D eigenvalue weighted by atomic mass is 10.1. The summed E-state index contributed by atoms with van der Waals surface area (Å²) < 4.78 is 0. The third-order valence-corrected chi connectivity index (χ3v) is 4.68. The van der Waals surface area contributed by atoms with Crippen LogP contribution >= 0.6 is 0 Å². The quantitative estimate of drug-likeness (QED) is 0.440. The van der Waals surface area contributed by atoms with Crippen LogP contribution in [0.15, 0.2) is 42.5 Å². The molecule has 0 radical (unpaired) electrons. The molecule has 0 spiro atoms. The first-order valence-electron chi connectivity index (χ1n) is 8.83. The van der Waals surface area contributed by atoms with Gasteiger partial charge in [-0.05, 0) is 73.2 Å². The van der Waals surface area contributed by atoms with Gasteiger partial charge >= 0.3 is 0 Å². The highest BCUT2D eigenvalue weighted by Gasteiger charge is 2.07. The topological polar surface area (TPSA) is 57.4 Å². The lowest BCUT2D eigenvalue weighted by Gasteiger charge is -1.97. The number of H-pyrrole nitrogens is 2. The Kier molecular flexibility index (Phi) is 3.35. The largest absolute Gasteiger partial charge is 0.355 e. The Bertz CT molecular complexity index is 1220.